The van der Waals surface area contributed by atoms with Gasteiger partial charge in [0.2, 0.25) is 0 Å². The summed E-state index contributed by atoms with van der Waals surface area (Å²) in [6.07, 6.45) is -0.684. The van der Waals surface area contributed by atoms with Gasteiger partial charge in [-0.3, -0.25) is 22.9 Å². The summed E-state index contributed by atoms with van der Waals surface area (Å²) in [6, 6.07) is 8.84. The Morgan fingerprint density at radius 1 is 0.870 bits per heavy atom. The van der Waals surface area contributed by atoms with E-state index in [-0.39, 0.29) is 40.5 Å². The minimum atomic E-state index is -4.35. The maximum atomic E-state index is 14.9. The van der Waals surface area contributed by atoms with Crippen molar-refractivity contribution in [3.8, 4) is 0 Å². The van der Waals surface area contributed by atoms with Gasteiger partial charge in [0, 0.05) is 5.56 Å². The molecular formula is C37H60N5O9PSi2. The third-order valence-electron chi connectivity index (χ3n) is 9.54. The highest BCUT2D eigenvalue weighted by Gasteiger charge is 2.63. The van der Waals surface area contributed by atoms with Crippen molar-refractivity contribution in [1.82, 2.24) is 19.5 Å². The quantitative estimate of drug-likeness (QED) is 0.145. The number of amides is 1. The van der Waals surface area contributed by atoms with Gasteiger partial charge in [-0.05, 0) is 75.8 Å². The first-order chi connectivity index (χ1) is 25.0. The molecule has 0 unspecified atom stereocenters. The molecule has 17 heteroatoms. The van der Waals surface area contributed by atoms with Gasteiger partial charge in [-0.2, -0.15) is 0 Å². The Balaban J connectivity index is 1.67. The van der Waals surface area contributed by atoms with Gasteiger partial charge >= 0.3 is 24.9 Å². The standard InChI is InChI=1S/C37H60N5O9PSi2/c1-23(2)53(24(3)4)45-20-28-30(48-54(51-53,25(5)6)26(7)8)31(47-52(44,49-36(9,10)11)50-37(12,13)14)35(46-28)42-22-40-29-32(38-21-39-33(29)42)41-34(43)27-18-16-15-17-19-27/h15-19,21-26,28,30-31,35H,20H2,1-14H3,(H,38,39,41,43)/t28-,30-,31-,35-/m1/s1. The van der Waals surface area contributed by atoms with Gasteiger partial charge in [0.15, 0.2) is 23.2 Å². The number of nitrogens with zero attached hydrogens (tertiary/aromatic N) is 4. The van der Waals surface area contributed by atoms with Crippen molar-refractivity contribution in [2.45, 2.75) is 155 Å². The van der Waals surface area contributed by atoms with Crippen LogP contribution in [0.1, 0.15) is 114 Å². The van der Waals surface area contributed by atoms with Crippen LogP contribution in [0, 0.1) is 0 Å². The molecule has 2 fully saturated rings. The molecule has 54 heavy (non-hydrogen) atoms. The summed E-state index contributed by atoms with van der Waals surface area (Å²) < 4.78 is 64.4. The Morgan fingerprint density at radius 2 is 1.44 bits per heavy atom. The van der Waals surface area contributed by atoms with E-state index in [2.05, 4.69) is 75.7 Å². The molecule has 1 aromatic carbocycles. The highest BCUT2D eigenvalue weighted by Crippen LogP contribution is 2.59. The molecule has 2 aliphatic heterocycles. The molecule has 3 aromatic rings. The molecule has 0 bridgehead atoms. The summed E-state index contributed by atoms with van der Waals surface area (Å²) in [6.45, 7) is 28.0. The van der Waals surface area contributed by atoms with Crippen LogP contribution in [-0.4, -0.2) is 78.7 Å². The molecule has 0 aliphatic carbocycles. The van der Waals surface area contributed by atoms with Crippen molar-refractivity contribution in [2.75, 3.05) is 11.9 Å². The number of hydrogen-bond donors (Lipinski definition) is 1. The number of anilines is 1. The first-order valence-electron chi connectivity index (χ1n) is 18.9. The van der Waals surface area contributed by atoms with Crippen LogP contribution in [0.3, 0.4) is 0 Å². The second-order valence-electron chi connectivity index (χ2n) is 17.4. The lowest BCUT2D eigenvalue weighted by atomic mass is 10.1. The Bertz CT molecular complexity index is 1780. The zero-order valence-electron chi connectivity index (χ0n) is 34.3. The maximum Gasteiger partial charge on any atom is 0.476 e. The van der Waals surface area contributed by atoms with Crippen LogP contribution in [0.25, 0.3) is 11.2 Å². The Labute approximate surface area is 322 Å². The van der Waals surface area contributed by atoms with Gasteiger partial charge in [0.25, 0.3) is 5.91 Å². The Morgan fingerprint density at radius 3 is 1.98 bits per heavy atom. The Kier molecular flexibility index (Phi) is 12.6. The van der Waals surface area contributed by atoms with E-state index in [1.165, 1.54) is 6.33 Å². The molecule has 4 atom stereocenters. The molecule has 1 N–H and O–H groups in total. The van der Waals surface area contributed by atoms with Crippen LogP contribution < -0.4 is 5.32 Å². The number of phosphoric acid groups is 1. The summed E-state index contributed by atoms with van der Waals surface area (Å²) in [7, 11) is -10.5. The van der Waals surface area contributed by atoms with E-state index < -0.39 is 60.7 Å². The van der Waals surface area contributed by atoms with Crippen LogP contribution in [0.4, 0.5) is 5.82 Å². The van der Waals surface area contributed by atoms with Crippen molar-refractivity contribution >= 4 is 47.8 Å². The van der Waals surface area contributed by atoms with E-state index in [0.29, 0.717) is 16.7 Å². The minimum absolute atomic E-state index is 0.00461. The molecule has 1 amide bonds. The highest BCUT2D eigenvalue weighted by atomic mass is 31.2. The predicted octanol–water partition coefficient (Wildman–Crippen LogP) is 9.06. The van der Waals surface area contributed by atoms with Gasteiger partial charge in [0.05, 0.1) is 24.1 Å². The van der Waals surface area contributed by atoms with Crippen LogP contribution in [0.2, 0.25) is 22.2 Å². The summed E-state index contributed by atoms with van der Waals surface area (Å²) in [4.78, 5) is 26.7. The van der Waals surface area contributed by atoms with Crippen LogP contribution in [0.5, 0.6) is 0 Å². The maximum absolute atomic E-state index is 14.9. The number of aromatic nitrogens is 4. The summed E-state index contributed by atoms with van der Waals surface area (Å²) in [5.41, 5.74) is -0.424. The van der Waals surface area contributed by atoms with Gasteiger partial charge in [-0.25, -0.2) is 19.5 Å². The van der Waals surface area contributed by atoms with E-state index in [1.54, 1.807) is 76.7 Å². The fraction of sp³-hybridized carbons (Fsp3) is 0.676. The second-order valence-corrected chi connectivity index (χ2v) is 27.7. The Hall–Kier alpha value is -2.38. The number of rotatable bonds is 11. The van der Waals surface area contributed by atoms with Gasteiger partial charge < -0.3 is 23.0 Å². The zero-order valence-corrected chi connectivity index (χ0v) is 37.2. The normalized spacial score (nSPS) is 23.6. The lowest BCUT2D eigenvalue weighted by Gasteiger charge is -2.51. The van der Waals surface area contributed by atoms with Crippen molar-refractivity contribution in [2.24, 2.45) is 0 Å². The molecule has 5 rings (SSSR count). The van der Waals surface area contributed by atoms with Crippen molar-refractivity contribution in [3.05, 3.63) is 48.5 Å². The molecule has 2 aliphatic rings. The molecular weight excluding hydrogens is 746 g/mol. The molecule has 2 aromatic heterocycles. The molecule has 14 nitrogen and oxygen atoms in total. The van der Waals surface area contributed by atoms with Gasteiger partial charge in [0.1, 0.15) is 24.6 Å². The largest absolute Gasteiger partial charge is 0.476 e. The van der Waals surface area contributed by atoms with Crippen LogP contribution in [0.15, 0.2) is 43.0 Å². The van der Waals surface area contributed by atoms with Crippen molar-refractivity contribution < 1.29 is 40.6 Å². The van der Waals surface area contributed by atoms with Gasteiger partial charge in [-0.1, -0.05) is 73.6 Å². The number of carbonyl (C=O) groups is 1. The molecule has 300 valence electrons. The molecule has 0 radical (unpaired) electrons. The number of benzene rings is 1. The summed E-state index contributed by atoms with van der Waals surface area (Å²) in [5.74, 6) is -0.130. The number of ether oxygens (including phenoxy) is 1. The smallest absolute Gasteiger partial charge is 0.414 e. The average molecular weight is 806 g/mol. The number of imidazole rings is 1. The lowest BCUT2D eigenvalue weighted by Crippen LogP contribution is -2.65. The fourth-order valence-electron chi connectivity index (χ4n) is 7.24. The topological polar surface area (TPSA) is 154 Å². The first-order valence-corrected chi connectivity index (χ1v) is 24.3. The van der Waals surface area contributed by atoms with Crippen molar-refractivity contribution in [1.29, 1.82) is 0 Å². The van der Waals surface area contributed by atoms with E-state index >= 15 is 0 Å². The monoisotopic (exact) mass is 805 g/mol. The van der Waals surface area contributed by atoms with Crippen molar-refractivity contribution in [3.63, 3.8) is 0 Å². The van der Waals surface area contributed by atoms with Crippen LogP contribution >= 0.6 is 7.82 Å². The number of carbonyl (C=O) groups excluding carboxylic acids is 1. The zero-order chi connectivity index (χ0) is 40.0. The van der Waals surface area contributed by atoms with E-state index in [1.807, 2.05) is 6.07 Å². The fourth-order valence-corrected chi connectivity index (χ4v) is 20.4. The number of phosphoric ester groups is 1. The third kappa shape index (κ3) is 8.93. The first kappa shape index (κ1) is 42.8. The van der Waals surface area contributed by atoms with E-state index in [4.69, 9.17) is 31.3 Å². The number of hydrogen-bond acceptors (Lipinski definition) is 12. The van der Waals surface area contributed by atoms with E-state index in [9.17, 15) is 9.36 Å². The number of nitrogens with one attached hydrogen (secondary N) is 1. The SMILES string of the molecule is CC(C)[Si]1(C(C)C)OC[C@H]2O[C@@H](n3cnc4c(NC(=O)c5ccccc5)ncnc43)[C@H](OP(=O)(OC(C)(C)C)OC(C)(C)C)[C@@H]2O[Si](C(C)C)(C(C)C)O1. The predicted molar refractivity (Wildman–Crippen MR) is 212 cm³/mol. The van der Waals surface area contributed by atoms with E-state index in [0.717, 1.165) is 0 Å². The van der Waals surface area contributed by atoms with Crippen LogP contribution in [-0.2, 0) is 35.8 Å². The molecule has 0 saturated carbocycles. The summed E-state index contributed by atoms with van der Waals surface area (Å²) in [5, 5.41) is 2.86. The molecule has 2 saturated heterocycles. The average Bonchev–Trinajstić information content (AvgIpc) is 3.60. The third-order valence-corrected chi connectivity index (χ3v) is 21.8. The molecule has 0 spiro atoms. The highest BCUT2D eigenvalue weighted by molar-refractivity contribution is 7.48. The second kappa shape index (κ2) is 15.9. The number of fused-ring (bicyclic) bond motifs is 2. The minimum Gasteiger partial charge on any atom is -0.414 e. The lowest BCUT2D eigenvalue weighted by molar-refractivity contribution is -0.0629. The molecule has 4 heterocycles. The summed E-state index contributed by atoms with van der Waals surface area (Å²) >= 11 is 0. The van der Waals surface area contributed by atoms with Gasteiger partial charge in [-0.15, -0.1) is 0 Å².